The zero-order valence-electron chi connectivity index (χ0n) is 10.1. The van der Waals surface area contributed by atoms with Crippen molar-refractivity contribution in [1.29, 1.82) is 0 Å². The zero-order valence-corrected chi connectivity index (χ0v) is 10.9. The average Bonchev–Trinajstić information content (AvgIpc) is 2.23. The molecule has 2 N–H and O–H groups in total. The monoisotopic (exact) mass is 218 g/mol. The number of hydrogen-bond acceptors (Lipinski definition) is 3. The minimum absolute atomic E-state index is 0.572. The Morgan fingerprint density at radius 3 is 2.36 bits per heavy atom. The summed E-state index contributed by atoms with van der Waals surface area (Å²) < 4.78 is 0. The molecule has 2 atom stereocenters. The fraction of sp³-hybridized carbons (Fsp3) is 1.00. The van der Waals surface area contributed by atoms with Gasteiger partial charge in [0.25, 0.3) is 0 Å². The number of likely N-dealkylation sites (N-methyl/N-ethyl adjacent to an activating group) is 1. The van der Waals surface area contributed by atoms with Crippen LogP contribution in [0.3, 0.4) is 0 Å². The lowest BCUT2D eigenvalue weighted by molar-refractivity contribution is 0.148. The van der Waals surface area contributed by atoms with Crippen LogP contribution < -0.4 is 5.73 Å². The lowest BCUT2D eigenvalue weighted by Crippen LogP contribution is -2.45. The van der Waals surface area contributed by atoms with Gasteiger partial charge >= 0.3 is 0 Å². The predicted molar refractivity (Wildman–Crippen MR) is 68.0 cm³/mol. The molecular formula is C11H26N2S. The summed E-state index contributed by atoms with van der Waals surface area (Å²) in [6, 6.07) is 1.23. The molecule has 0 heterocycles. The molecule has 0 aliphatic heterocycles. The molecule has 0 spiro atoms. The zero-order chi connectivity index (χ0) is 11.0. The van der Waals surface area contributed by atoms with E-state index in [-0.39, 0.29) is 0 Å². The van der Waals surface area contributed by atoms with Crippen LogP contribution in [0.2, 0.25) is 0 Å². The van der Waals surface area contributed by atoms with Gasteiger partial charge in [0.2, 0.25) is 0 Å². The Balaban J connectivity index is 4.13. The van der Waals surface area contributed by atoms with Gasteiger partial charge in [0, 0.05) is 18.6 Å². The highest BCUT2D eigenvalue weighted by Crippen LogP contribution is 2.12. The van der Waals surface area contributed by atoms with Crippen molar-refractivity contribution >= 4 is 11.8 Å². The second-order valence-electron chi connectivity index (χ2n) is 3.76. The highest BCUT2D eigenvalue weighted by Gasteiger charge is 2.19. The molecular weight excluding hydrogens is 192 g/mol. The standard InChI is InChI=1S/C11H26N2S/c1-5-10(3)13(6-2)11(9-12)7-8-14-4/h10-11H,5-9,12H2,1-4H3. The minimum atomic E-state index is 0.572. The minimum Gasteiger partial charge on any atom is -0.329 e. The summed E-state index contributed by atoms with van der Waals surface area (Å²) in [4.78, 5) is 2.54. The van der Waals surface area contributed by atoms with E-state index < -0.39 is 0 Å². The summed E-state index contributed by atoms with van der Waals surface area (Å²) in [6.45, 7) is 8.68. The molecule has 0 aliphatic rings. The molecule has 0 amide bonds. The molecule has 0 aromatic carbocycles. The van der Waals surface area contributed by atoms with Crippen molar-refractivity contribution in [2.75, 3.05) is 25.1 Å². The van der Waals surface area contributed by atoms with Gasteiger partial charge in [-0.05, 0) is 38.3 Å². The first-order valence-corrected chi connectivity index (χ1v) is 7.05. The van der Waals surface area contributed by atoms with Gasteiger partial charge in [0.15, 0.2) is 0 Å². The van der Waals surface area contributed by atoms with Crippen molar-refractivity contribution < 1.29 is 0 Å². The Labute approximate surface area is 93.6 Å². The number of nitrogens with two attached hydrogens (primary N) is 1. The first kappa shape index (κ1) is 14.3. The van der Waals surface area contributed by atoms with Gasteiger partial charge in [0.1, 0.15) is 0 Å². The maximum Gasteiger partial charge on any atom is 0.0228 e. The molecule has 0 aliphatic carbocycles. The van der Waals surface area contributed by atoms with E-state index in [2.05, 4.69) is 31.9 Å². The normalized spacial score (nSPS) is 15.9. The molecule has 0 rings (SSSR count). The highest BCUT2D eigenvalue weighted by molar-refractivity contribution is 7.98. The van der Waals surface area contributed by atoms with Crippen molar-refractivity contribution in [2.24, 2.45) is 5.73 Å². The largest absolute Gasteiger partial charge is 0.329 e. The van der Waals surface area contributed by atoms with Gasteiger partial charge in [-0.1, -0.05) is 13.8 Å². The fourth-order valence-electron chi connectivity index (χ4n) is 1.84. The fourth-order valence-corrected chi connectivity index (χ4v) is 2.35. The van der Waals surface area contributed by atoms with Crippen LogP contribution in [0.15, 0.2) is 0 Å². The molecule has 0 fully saturated rings. The molecule has 0 aromatic rings. The summed E-state index contributed by atoms with van der Waals surface area (Å²) in [6.07, 6.45) is 4.59. The molecule has 0 saturated heterocycles. The van der Waals surface area contributed by atoms with E-state index in [1.807, 2.05) is 11.8 Å². The maximum absolute atomic E-state index is 5.83. The van der Waals surface area contributed by atoms with E-state index >= 15 is 0 Å². The molecule has 86 valence electrons. The van der Waals surface area contributed by atoms with Crippen LogP contribution in [-0.2, 0) is 0 Å². The Kier molecular flexibility index (Phi) is 8.73. The first-order valence-electron chi connectivity index (χ1n) is 5.65. The number of thioether (sulfide) groups is 1. The summed E-state index contributed by atoms with van der Waals surface area (Å²) >= 11 is 1.91. The smallest absolute Gasteiger partial charge is 0.0228 e. The lowest BCUT2D eigenvalue weighted by Gasteiger charge is -2.34. The Hall–Kier alpha value is 0.270. The summed E-state index contributed by atoms with van der Waals surface area (Å²) in [7, 11) is 0. The van der Waals surface area contributed by atoms with Crippen LogP contribution in [0.25, 0.3) is 0 Å². The van der Waals surface area contributed by atoms with Gasteiger partial charge in [-0.3, -0.25) is 4.90 Å². The quantitative estimate of drug-likeness (QED) is 0.677. The number of rotatable bonds is 8. The van der Waals surface area contributed by atoms with Crippen LogP contribution in [-0.4, -0.2) is 42.1 Å². The molecule has 0 saturated carbocycles. The second-order valence-corrected chi connectivity index (χ2v) is 4.74. The van der Waals surface area contributed by atoms with Crippen LogP contribution in [0.1, 0.15) is 33.6 Å². The lowest BCUT2D eigenvalue weighted by atomic mass is 10.1. The third-order valence-corrected chi connectivity index (χ3v) is 3.56. The van der Waals surface area contributed by atoms with Crippen LogP contribution in [0, 0.1) is 0 Å². The number of nitrogens with zero attached hydrogens (tertiary/aromatic N) is 1. The second kappa shape index (κ2) is 8.57. The molecule has 2 nitrogen and oxygen atoms in total. The molecule has 2 unspecified atom stereocenters. The molecule has 0 radical (unpaired) electrons. The van der Waals surface area contributed by atoms with Crippen LogP contribution in [0.4, 0.5) is 0 Å². The van der Waals surface area contributed by atoms with Crippen LogP contribution in [0.5, 0.6) is 0 Å². The SMILES string of the molecule is CCC(C)N(CC)C(CN)CCSC. The Morgan fingerprint density at radius 1 is 1.36 bits per heavy atom. The first-order chi connectivity index (χ1) is 6.71. The topological polar surface area (TPSA) is 29.3 Å². The van der Waals surface area contributed by atoms with Crippen LogP contribution >= 0.6 is 11.8 Å². The number of hydrogen-bond donors (Lipinski definition) is 1. The van der Waals surface area contributed by atoms with Crippen molar-refractivity contribution in [3.05, 3.63) is 0 Å². The van der Waals surface area contributed by atoms with Gasteiger partial charge in [-0.2, -0.15) is 11.8 Å². The van der Waals surface area contributed by atoms with E-state index in [0.717, 1.165) is 13.1 Å². The van der Waals surface area contributed by atoms with E-state index in [1.54, 1.807) is 0 Å². The third kappa shape index (κ3) is 4.67. The van der Waals surface area contributed by atoms with Gasteiger partial charge in [-0.25, -0.2) is 0 Å². The molecule has 14 heavy (non-hydrogen) atoms. The summed E-state index contributed by atoms with van der Waals surface area (Å²) in [5, 5.41) is 0. The van der Waals surface area contributed by atoms with E-state index in [4.69, 9.17) is 5.73 Å². The van der Waals surface area contributed by atoms with Gasteiger partial charge in [-0.15, -0.1) is 0 Å². The summed E-state index contributed by atoms with van der Waals surface area (Å²) in [5.41, 5.74) is 5.83. The average molecular weight is 218 g/mol. The van der Waals surface area contributed by atoms with E-state index in [1.165, 1.54) is 18.6 Å². The van der Waals surface area contributed by atoms with Gasteiger partial charge in [0.05, 0.1) is 0 Å². The Morgan fingerprint density at radius 2 is 2.00 bits per heavy atom. The van der Waals surface area contributed by atoms with E-state index in [9.17, 15) is 0 Å². The van der Waals surface area contributed by atoms with E-state index in [0.29, 0.717) is 12.1 Å². The van der Waals surface area contributed by atoms with Crippen molar-refractivity contribution in [3.8, 4) is 0 Å². The van der Waals surface area contributed by atoms with Crippen molar-refractivity contribution in [3.63, 3.8) is 0 Å². The van der Waals surface area contributed by atoms with Crippen molar-refractivity contribution in [2.45, 2.75) is 45.7 Å². The van der Waals surface area contributed by atoms with Crippen molar-refractivity contribution in [1.82, 2.24) is 4.90 Å². The van der Waals surface area contributed by atoms with Gasteiger partial charge < -0.3 is 5.73 Å². The predicted octanol–water partition coefficient (Wildman–Crippen LogP) is 2.19. The molecule has 0 bridgehead atoms. The maximum atomic E-state index is 5.83. The Bertz CT molecular complexity index is 130. The highest BCUT2D eigenvalue weighted by atomic mass is 32.2. The summed E-state index contributed by atoms with van der Waals surface area (Å²) in [5.74, 6) is 1.22. The molecule has 3 heteroatoms. The molecule has 0 aromatic heterocycles. The third-order valence-electron chi connectivity index (χ3n) is 2.92.